The van der Waals surface area contributed by atoms with Crippen LogP contribution in [0.2, 0.25) is 0 Å². The molecule has 110 valence electrons. The molecule has 0 bridgehead atoms. The van der Waals surface area contributed by atoms with Crippen molar-refractivity contribution < 1.29 is 19.2 Å². The van der Waals surface area contributed by atoms with Gasteiger partial charge in [-0.2, -0.15) is 4.98 Å². The van der Waals surface area contributed by atoms with Gasteiger partial charge in [0.25, 0.3) is 0 Å². The highest BCUT2D eigenvalue weighted by Crippen LogP contribution is 2.21. The number of aromatic carboxylic acids is 1. The molecule has 0 aliphatic heterocycles. The number of benzene rings is 1. The molecule has 1 heterocycles. The minimum Gasteiger partial charge on any atom is -0.478 e. The monoisotopic (exact) mass is 354 g/mol. The van der Waals surface area contributed by atoms with Gasteiger partial charge in [0.05, 0.1) is 11.3 Å². The molecular formula is C12H11BrN4O4. The fourth-order valence-electron chi connectivity index (χ4n) is 1.56. The van der Waals surface area contributed by atoms with Crippen molar-refractivity contribution in [3.63, 3.8) is 0 Å². The van der Waals surface area contributed by atoms with Crippen molar-refractivity contribution >= 4 is 33.6 Å². The topological polar surface area (TPSA) is 117 Å². The van der Waals surface area contributed by atoms with Gasteiger partial charge in [-0.1, -0.05) is 21.1 Å². The highest BCUT2D eigenvalue weighted by molar-refractivity contribution is 9.10. The Morgan fingerprint density at radius 1 is 1.38 bits per heavy atom. The molecule has 1 aromatic carbocycles. The number of nitrogens with one attached hydrogen (secondary N) is 2. The summed E-state index contributed by atoms with van der Waals surface area (Å²) in [5, 5.41) is 17.6. The minimum atomic E-state index is -1.13. The van der Waals surface area contributed by atoms with E-state index in [0.717, 1.165) is 0 Å². The largest absolute Gasteiger partial charge is 0.478 e. The number of rotatable bonds is 5. The molecule has 21 heavy (non-hydrogen) atoms. The second-order valence-corrected chi connectivity index (χ2v) is 4.88. The zero-order chi connectivity index (χ0) is 15.2. The van der Waals surface area contributed by atoms with Crippen molar-refractivity contribution in [3.05, 3.63) is 40.5 Å². The Hall–Kier alpha value is -2.42. The second kappa shape index (κ2) is 6.84. The van der Waals surface area contributed by atoms with E-state index in [1.807, 2.05) is 0 Å². The normalized spacial score (nSPS) is 10.1. The number of anilines is 1. The third kappa shape index (κ3) is 4.28. The summed E-state index contributed by atoms with van der Waals surface area (Å²) >= 11 is 3.18. The molecule has 3 N–H and O–H groups in total. The summed E-state index contributed by atoms with van der Waals surface area (Å²) < 4.78 is 5.39. The Morgan fingerprint density at radius 2 is 2.19 bits per heavy atom. The van der Waals surface area contributed by atoms with Gasteiger partial charge in [0, 0.05) is 17.4 Å². The Balaban J connectivity index is 1.92. The van der Waals surface area contributed by atoms with Crippen molar-refractivity contribution in [1.29, 1.82) is 0 Å². The predicted molar refractivity (Wildman–Crippen MR) is 76.1 cm³/mol. The minimum absolute atomic E-state index is 0.00331. The first kappa shape index (κ1) is 15.0. The Morgan fingerprint density at radius 3 is 2.86 bits per heavy atom. The molecule has 0 aliphatic rings. The number of halogens is 1. The fraction of sp³-hybridized carbons (Fsp3) is 0.167. The maximum atomic E-state index is 11.7. The fourth-order valence-corrected chi connectivity index (χ4v) is 1.92. The molecule has 1 aromatic heterocycles. The molecule has 2 amide bonds. The summed E-state index contributed by atoms with van der Waals surface area (Å²) in [6, 6.07) is 4.04. The number of aromatic nitrogens is 2. The molecule has 8 nitrogen and oxygen atoms in total. The van der Waals surface area contributed by atoms with Crippen LogP contribution in [0.25, 0.3) is 0 Å². The summed E-state index contributed by atoms with van der Waals surface area (Å²) in [6.07, 6.45) is 1.66. The van der Waals surface area contributed by atoms with E-state index in [4.69, 9.17) is 9.63 Å². The Kier molecular flexibility index (Phi) is 4.88. The van der Waals surface area contributed by atoms with Gasteiger partial charge in [0.1, 0.15) is 0 Å². The molecule has 0 aliphatic carbocycles. The van der Waals surface area contributed by atoms with E-state index < -0.39 is 12.0 Å². The molecule has 9 heteroatoms. The van der Waals surface area contributed by atoms with Crippen molar-refractivity contribution in [2.45, 2.75) is 6.42 Å². The maximum Gasteiger partial charge on any atom is 0.337 e. The number of carboxylic acid groups (broad SMARTS) is 1. The third-order valence-corrected chi connectivity index (χ3v) is 2.98. The highest BCUT2D eigenvalue weighted by Gasteiger charge is 2.13. The number of hydrogen-bond donors (Lipinski definition) is 3. The zero-order valence-corrected chi connectivity index (χ0v) is 12.3. The van der Waals surface area contributed by atoms with Crippen molar-refractivity contribution in [1.82, 2.24) is 15.5 Å². The third-order valence-electron chi connectivity index (χ3n) is 2.49. The van der Waals surface area contributed by atoms with Gasteiger partial charge in [0.15, 0.2) is 6.33 Å². The smallest absolute Gasteiger partial charge is 0.337 e. The van der Waals surface area contributed by atoms with Crippen LogP contribution in [0.1, 0.15) is 16.2 Å². The number of carboxylic acids is 1. The molecular weight excluding hydrogens is 344 g/mol. The molecule has 2 aromatic rings. The summed E-state index contributed by atoms with van der Waals surface area (Å²) in [6.45, 7) is 0.285. The summed E-state index contributed by atoms with van der Waals surface area (Å²) in [4.78, 5) is 26.6. The molecule has 0 fully saturated rings. The molecule has 0 saturated carbocycles. The van der Waals surface area contributed by atoms with E-state index in [-0.39, 0.29) is 17.8 Å². The van der Waals surface area contributed by atoms with Crippen LogP contribution in [-0.4, -0.2) is 33.8 Å². The first-order valence-electron chi connectivity index (χ1n) is 5.89. The molecule has 2 rings (SSSR count). The lowest BCUT2D eigenvalue weighted by Gasteiger charge is -2.09. The summed E-state index contributed by atoms with van der Waals surface area (Å²) in [7, 11) is 0. The highest BCUT2D eigenvalue weighted by atomic mass is 79.9. The first-order chi connectivity index (χ1) is 10.1. The summed E-state index contributed by atoms with van der Waals surface area (Å²) in [5.41, 5.74) is 0.206. The van der Waals surface area contributed by atoms with Crippen LogP contribution in [0.5, 0.6) is 0 Å². The van der Waals surface area contributed by atoms with Gasteiger partial charge in [-0.3, -0.25) is 0 Å². The number of nitrogens with zero attached hydrogens (tertiary/aromatic N) is 2. The average Bonchev–Trinajstić information content (AvgIpc) is 2.94. The lowest BCUT2D eigenvalue weighted by atomic mass is 10.2. The van der Waals surface area contributed by atoms with Gasteiger partial charge >= 0.3 is 12.0 Å². The van der Waals surface area contributed by atoms with Crippen LogP contribution < -0.4 is 10.6 Å². The lowest BCUT2D eigenvalue weighted by Crippen LogP contribution is -2.31. The van der Waals surface area contributed by atoms with Gasteiger partial charge < -0.3 is 20.3 Å². The van der Waals surface area contributed by atoms with Gasteiger partial charge in [-0.05, 0) is 18.2 Å². The first-order valence-corrected chi connectivity index (χ1v) is 6.69. The van der Waals surface area contributed by atoms with E-state index in [0.29, 0.717) is 16.8 Å². The number of amides is 2. The molecule has 0 unspecified atom stereocenters. The van der Waals surface area contributed by atoms with E-state index in [9.17, 15) is 9.59 Å². The molecule has 0 radical (unpaired) electrons. The predicted octanol–water partition coefficient (Wildman–Crippen LogP) is 1.89. The van der Waals surface area contributed by atoms with Crippen LogP contribution in [0.15, 0.2) is 33.5 Å². The SMILES string of the molecule is O=C(NCCc1ncno1)Nc1ccc(Br)cc1C(=O)O. The Bertz CT molecular complexity index is 645. The van der Waals surface area contributed by atoms with Crippen LogP contribution in [-0.2, 0) is 6.42 Å². The van der Waals surface area contributed by atoms with Crippen molar-refractivity contribution in [2.75, 3.05) is 11.9 Å². The second-order valence-electron chi connectivity index (χ2n) is 3.96. The van der Waals surface area contributed by atoms with E-state index in [1.54, 1.807) is 6.07 Å². The van der Waals surface area contributed by atoms with E-state index in [1.165, 1.54) is 18.5 Å². The number of carbonyl (C=O) groups is 2. The Labute approximate surface area is 127 Å². The van der Waals surface area contributed by atoms with Crippen LogP contribution in [0.4, 0.5) is 10.5 Å². The van der Waals surface area contributed by atoms with Crippen LogP contribution >= 0.6 is 15.9 Å². The maximum absolute atomic E-state index is 11.7. The van der Waals surface area contributed by atoms with Gasteiger partial charge in [0.2, 0.25) is 5.89 Å². The quantitative estimate of drug-likeness (QED) is 0.754. The number of hydrogen-bond acceptors (Lipinski definition) is 5. The molecule has 0 spiro atoms. The van der Waals surface area contributed by atoms with Crippen molar-refractivity contribution in [2.24, 2.45) is 0 Å². The molecule has 0 saturated heterocycles. The lowest BCUT2D eigenvalue weighted by molar-refractivity contribution is 0.0698. The number of urea groups is 1. The van der Waals surface area contributed by atoms with Gasteiger partial charge in [-0.25, -0.2) is 9.59 Å². The van der Waals surface area contributed by atoms with Crippen molar-refractivity contribution in [3.8, 4) is 0 Å². The van der Waals surface area contributed by atoms with E-state index >= 15 is 0 Å². The van der Waals surface area contributed by atoms with Crippen LogP contribution in [0, 0.1) is 0 Å². The average molecular weight is 355 g/mol. The van der Waals surface area contributed by atoms with E-state index in [2.05, 4.69) is 36.7 Å². The summed E-state index contributed by atoms with van der Waals surface area (Å²) in [5.74, 6) is -0.720. The number of carbonyl (C=O) groups excluding carboxylic acids is 1. The molecule has 0 atom stereocenters. The van der Waals surface area contributed by atoms with Gasteiger partial charge in [-0.15, -0.1) is 0 Å². The zero-order valence-electron chi connectivity index (χ0n) is 10.7. The van der Waals surface area contributed by atoms with Crippen LogP contribution in [0.3, 0.4) is 0 Å². The standard InChI is InChI=1S/C12H11BrN4O4/c13-7-1-2-9(8(5-7)11(18)19)17-12(20)14-4-3-10-15-6-16-21-10/h1-2,5-6H,3-4H2,(H,18,19)(H2,14,17,20).